The first-order chi connectivity index (χ1) is 10.6. The summed E-state index contributed by atoms with van der Waals surface area (Å²) >= 11 is 0. The summed E-state index contributed by atoms with van der Waals surface area (Å²) in [6.45, 7) is 1.89. The van der Waals surface area contributed by atoms with Crippen molar-refractivity contribution in [3.63, 3.8) is 0 Å². The largest absolute Gasteiger partial charge is 0.481 e. The number of hydrogen-bond donors (Lipinski definition) is 1. The number of aliphatic carboxylic acids is 1. The summed E-state index contributed by atoms with van der Waals surface area (Å²) in [6, 6.07) is 9.35. The van der Waals surface area contributed by atoms with Gasteiger partial charge in [0.25, 0.3) is 5.91 Å². The Bertz CT molecular complexity index is 725. The molecule has 1 aromatic carbocycles. The number of carboxylic acid groups (broad SMARTS) is 1. The van der Waals surface area contributed by atoms with Gasteiger partial charge in [0, 0.05) is 29.7 Å². The van der Waals surface area contributed by atoms with Gasteiger partial charge in [-0.3, -0.25) is 14.6 Å². The van der Waals surface area contributed by atoms with Gasteiger partial charge >= 0.3 is 5.97 Å². The molecule has 5 heteroatoms. The molecule has 1 atom stereocenters. The van der Waals surface area contributed by atoms with Crippen LogP contribution in [0.2, 0.25) is 0 Å². The molecule has 1 aliphatic carbocycles. The molecule has 1 aromatic heterocycles. The minimum Gasteiger partial charge on any atom is -0.481 e. The number of carbonyl (C=O) groups is 2. The van der Waals surface area contributed by atoms with Gasteiger partial charge in [0.2, 0.25) is 0 Å². The van der Waals surface area contributed by atoms with Crippen LogP contribution in [0.25, 0.3) is 10.9 Å². The predicted molar refractivity (Wildman–Crippen MR) is 82.6 cm³/mol. The minimum atomic E-state index is -0.874. The molecular formula is C17H18N2O3. The average molecular weight is 298 g/mol. The molecule has 1 aliphatic rings. The summed E-state index contributed by atoms with van der Waals surface area (Å²) in [5, 5.41) is 9.99. The van der Waals surface area contributed by atoms with Crippen molar-refractivity contribution in [2.45, 2.75) is 25.8 Å². The van der Waals surface area contributed by atoms with Gasteiger partial charge in [-0.15, -0.1) is 0 Å². The van der Waals surface area contributed by atoms with Crippen molar-refractivity contribution in [3.05, 3.63) is 42.1 Å². The van der Waals surface area contributed by atoms with Crippen molar-refractivity contribution in [2.75, 3.05) is 6.54 Å². The Balaban J connectivity index is 1.86. The quantitative estimate of drug-likeness (QED) is 0.921. The highest BCUT2D eigenvalue weighted by Crippen LogP contribution is 2.29. The van der Waals surface area contributed by atoms with E-state index in [1.165, 1.54) is 0 Å². The maximum absolute atomic E-state index is 12.7. The molecule has 1 heterocycles. The minimum absolute atomic E-state index is 0.0960. The number of carboxylic acids is 1. The molecule has 0 unspecified atom stereocenters. The van der Waals surface area contributed by atoms with E-state index in [-0.39, 0.29) is 18.5 Å². The van der Waals surface area contributed by atoms with Gasteiger partial charge in [0.15, 0.2) is 0 Å². The number of nitrogens with zero attached hydrogens (tertiary/aromatic N) is 2. The molecule has 1 amide bonds. The molecule has 0 radical (unpaired) electrons. The van der Waals surface area contributed by atoms with Crippen LogP contribution in [0, 0.1) is 5.92 Å². The zero-order valence-electron chi connectivity index (χ0n) is 12.4. The normalized spacial score (nSPS) is 15.5. The lowest BCUT2D eigenvalue weighted by atomic mass is 10.1. The van der Waals surface area contributed by atoms with Crippen LogP contribution in [0.4, 0.5) is 0 Å². The fourth-order valence-electron chi connectivity index (χ4n) is 2.53. The fraction of sp³-hybridized carbons (Fsp3) is 0.353. The second-order valence-electron chi connectivity index (χ2n) is 5.84. The molecule has 114 valence electrons. The maximum atomic E-state index is 12.7. The summed E-state index contributed by atoms with van der Waals surface area (Å²) in [7, 11) is 0. The zero-order chi connectivity index (χ0) is 15.7. The van der Waals surface area contributed by atoms with E-state index >= 15 is 0 Å². The van der Waals surface area contributed by atoms with Gasteiger partial charge in [0.05, 0.1) is 11.4 Å². The number of aromatic nitrogens is 1. The van der Waals surface area contributed by atoms with E-state index in [9.17, 15) is 9.59 Å². The van der Waals surface area contributed by atoms with Crippen LogP contribution in [0.3, 0.4) is 0 Å². The average Bonchev–Trinajstić information content (AvgIpc) is 3.35. The number of benzene rings is 1. The molecule has 1 N–H and O–H groups in total. The Morgan fingerprint density at radius 1 is 1.36 bits per heavy atom. The lowest BCUT2D eigenvalue weighted by Gasteiger charge is -2.24. The number of carbonyl (C=O) groups excluding carboxylic acids is 1. The van der Waals surface area contributed by atoms with E-state index in [4.69, 9.17) is 5.11 Å². The Kier molecular flexibility index (Phi) is 3.79. The highest BCUT2D eigenvalue weighted by atomic mass is 16.4. The van der Waals surface area contributed by atoms with Crippen molar-refractivity contribution in [2.24, 2.45) is 5.92 Å². The predicted octanol–water partition coefficient (Wildman–Crippen LogP) is 2.56. The lowest BCUT2D eigenvalue weighted by molar-refractivity contribution is -0.141. The summed E-state index contributed by atoms with van der Waals surface area (Å²) < 4.78 is 0. The molecule has 0 saturated heterocycles. The smallest absolute Gasteiger partial charge is 0.308 e. The van der Waals surface area contributed by atoms with E-state index in [0.29, 0.717) is 5.56 Å². The third-order valence-electron chi connectivity index (χ3n) is 3.99. The molecule has 2 aromatic rings. The molecule has 1 fully saturated rings. The van der Waals surface area contributed by atoms with E-state index in [1.54, 1.807) is 24.1 Å². The Morgan fingerprint density at radius 3 is 2.82 bits per heavy atom. The summed E-state index contributed by atoms with van der Waals surface area (Å²) in [5.41, 5.74) is 1.43. The second-order valence-corrected chi connectivity index (χ2v) is 5.84. The van der Waals surface area contributed by atoms with Gasteiger partial charge in [0.1, 0.15) is 0 Å². The Hall–Kier alpha value is -2.43. The van der Waals surface area contributed by atoms with Crippen molar-refractivity contribution < 1.29 is 14.7 Å². The molecule has 22 heavy (non-hydrogen) atoms. The summed E-state index contributed by atoms with van der Waals surface area (Å²) in [5.74, 6) is -1.53. The van der Waals surface area contributed by atoms with Crippen molar-refractivity contribution in [1.82, 2.24) is 9.88 Å². The number of hydrogen-bond acceptors (Lipinski definition) is 3. The van der Waals surface area contributed by atoms with E-state index in [2.05, 4.69) is 4.98 Å². The van der Waals surface area contributed by atoms with Gasteiger partial charge in [-0.25, -0.2) is 0 Å². The Labute approximate surface area is 128 Å². The number of rotatable bonds is 5. The number of fused-ring (bicyclic) bond motifs is 1. The number of amides is 1. The van der Waals surface area contributed by atoms with Gasteiger partial charge in [-0.2, -0.15) is 0 Å². The van der Waals surface area contributed by atoms with E-state index in [0.717, 1.165) is 23.7 Å². The third kappa shape index (κ3) is 2.93. The second kappa shape index (κ2) is 5.75. The highest BCUT2D eigenvalue weighted by Gasteiger charge is 2.34. The highest BCUT2D eigenvalue weighted by molar-refractivity contribution is 5.98. The SMILES string of the molecule is C[C@H](CN(C(=O)c1ccc2ncccc2c1)C1CC1)C(=O)O. The molecule has 5 nitrogen and oxygen atoms in total. The summed E-state index contributed by atoms with van der Waals surface area (Å²) in [6.07, 6.45) is 3.62. The number of pyridine rings is 1. The van der Waals surface area contributed by atoms with Crippen LogP contribution >= 0.6 is 0 Å². The van der Waals surface area contributed by atoms with E-state index in [1.807, 2.05) is 24.3 Å². The molecule has 0 bridgehead atoms. The lowest BCUT2D eigenvalue weighted by Crippen LogP contribution is -2.38. The molecule has 0 spiro atoms. The van der Waals surface area contributed by atoms with Crippen LogP contribution in [0.15, 0.2) is 36.5 Å². The third-order valence-corrected chi connectivity index (χ3v) is 3.99. The standard InChI is InChI=1S/C17H18N2O3/c1-11(17(21)22)10-19(14-5-6-14)16(20)13-4-7-15-12(9-13)3-2-8-18-15/h2-4,7-9,11,14H,5-6,10H2,1H3,(H,21,22)/t11-/m1/s1. The Morgan fingerprint density at radius 2 is 2.14 bits per heavy atom. The van der Waals surface area contributed by atoms with Gasteiger partial charge in [-0.05, 0) is 37.1 Å². The fourth-order valence-corrected chi connectivity index (χ4v) is 2.53. The van der Waals surface area contributed by atoms with Gasteiger partial charge in [-0.1, -0.05) is 13.0 Å². The molecule has 0 aliphatic heterocycles. The first-order valence-electron chi connectivity index (χ1n) is 7.45. The van der Waals surface area contributed by atoms with Crippen LogP contribution in [0.5, 0.6) is 0 Å². The topological polar surface area (TPSA) is 70.5 Å². The summed E-state index contributed by atoms with van der Waals surface area (Å²) in [4.78, 5) is 29.8. The van der Waals surface area contributed by atoms with Crippen molar-refractivity contribution >= 4 is 22.8 Å². The molecule has 3 rings (SSSR count). The van der Waals surface area contributed by atoms with Crippen LogP contribution in [0.1, 0.15) is 30.1 Å². The van der Waals surface area contributed by atoms with E-state index < -0.39 is 11.9 Å². The van der Waals surface area contributed by atoms with Crippen molar-refractivity contribution in [1.29, 1.82) is 0 Å². The van der Waals surface area contributed by atoms with Crippen molar-refractivity contribution in [3.8, 4) is 0 Å². The zero-order valence-corrected chi connectivity index (χ0v) is 12.4. The van der Waals surface area contributed by atoms with Crippen LogP contribution in [-0.4, -0.2) is 39.5 Å². The molecular weight excluding hydrogens is 280 g/mol. The van der Waals surface area contributed by atoms with Gasteiger partial charge < -0.3 is 10.0 Å². The first-order valence-corrected chi connectivity index (χ1v) is 7.45. The van der Waals surface area contributed by atoms with Crippen LogP contribution < -0.4 is 0 Å². The maximum Gasteiger partial charge on any atom is 0.308 e. The molecule has 1 saturated carbocycles. The first kappa shape index (κ1) is 14.5. The van der Waals surface area contributed by atoms with Crippen LogP contribution in [-0.2, 0) is 4.79 Å². The monoisotopic (exact) mass is 298 g/mol.